The molecule has 0 radical (unpaired) electrons. The second kappa shape index (κ2) is 6.52. The van der Waals surface area contributed by atoms with E-state index in [0.29, 0.717) is 19.0 Å². The molecule has 1 spiro atoms. The Morgan fingerprint density at radius 2 is 2.24 bits per heavy atom. The van der Waals surface area contributed by atoms with Crippen LogP contribution in [0.25, 0.3) is 0 Å². The molecular weight excluding hydrogens is 316 g/mol. The Morgan fingerprint density at radius 3 is 2.96 bits per heavy atom. The molecule has 0 saturated carbocycles. The van der Waals surface area contributed by atoms with Gasteiger partial charge in [-0.05, 0) is 43.0 Å². The van der Waals surface area contributed by atoms with E-state index in [1.54, 1.807) is 6.20 Å². The average Bonchev–Trinajstić information content (AvgIpc) is 3.20. The summed E-state index contributed by atoms with van der Waals surface area (Å²) in [6.07, 6.45) is 5.79. The zero-order valence-corrected chi connectivity index (χ0v) is 14.5. The second-order valence-electron chi connectivity index (χ2n) is 6.99. The zero-order chi connectivity index (χ0) is 17.3. The maximum Gasteiger partial charge on any atom is 0.270 e. The van der Waals surface area contributed by atoms with Crippen molar-refractivity contribution in [3.63, 3.8) is 0 Å². The van der Waals surface area contributed by atoms with Crippen molar-refractivity contribution >= 4 is 11.7 Å². The van der Waals surface area contributed by atoms with Crippen molar-refractivity contribution in [2.24, 2.45) is 13.0 Å². The molecule has 1 N–H and O–H groups in total. The van der Waals surface area contributed by atoms with E-state index in [1.807, 2.05) is 53.0 Å². The quantitative estimate of drug-likeness (QED) is 0.906. The van der Waals surface area contributed by atoms with Crippen LogP contribution in [0.4, 0.5) is 5.82 Å². The van der Waals surface area contributed by atoms with Gasteiger partial charge in [-0.1, -0.05) is 6.07 Å². The molecule has 0 aromatic carbocycles. The van der Waals surface area contributed by atoms with Crippen LogP contribution in [0.15, 0.2) is 42.7 Å². The highest BCUT2D eigenvalue weighted by Gasteiger charge is 2.54. The van der Waals surface area contributed by atoms with Gasteiger partial charge in [0.2, 0.25) is 0 Å². The molecule has 2 saturated heterocycles. The maximum absolute atomic E-state index is 12.6. The van der Waals surface area contributed by atoms with E-state index in [2.05, 4.69) is 10.3 Å². The molecule has 2 aliphatic rings. The molecule has 1 atom stereocenters. The second-order valence-corrected chi connectivity index (χ2v) is 6.99. The fourth-order valence-electron chi connectivity index (χ4n) is 3.97. The Hall–Kier alpha value is -2.34. The SMILES string of the molecule is Cn1cccc1C(=O)N1CC2(C1)OCC[C@@H]2CCNc1ccccn1. The van der Waals surface area contributed by atoms with E-state index in [4.69, 9.17) is 4.74 Å². The van der Waals surface area contributed by atoms with Gasteiger partial charge in [-0.2, -0.15) is 0 Å². The summed E-state index contributed by atoms with van der Waals surface area (Å²) in [6, 6.07) is 9.65. The lowest BCUT2D eigenvalue weighted by Gasteiger charge is -2.50. The number of rotatable bonds is 5. The summed E-state index contributed by atoms with van der Waals surface area (Å²) in [5.41, 5.74) is 0.591. The summed E-state index contributed by atoms with van der Waals surface area (Å²) >= 11 is 0. The van der Waals surface area contributed by atoms with Crippen LogP contribution < -0.4 is 5.32 Å². The molecule has 6 heteroatoms. The molecule has 0 bridgehead atoms. The van der Waals surface area contributed by atoms with Gasteiger partial charge in [0, 0.05) is 32.6 Å². The number of aromatic nitrogens is 2. The summed E-state index contributed by atoms with van der Waals surface area (Å²) in [7, 11) is 1.90. The third-order valence-electron chi connectivity index (χ3n) is 5.43. The molecule has 6 nitrogen and oxygen atoms in total. The lowest BCUT2D eigenvalue weighted by Crippen LogP contribution is -2.66. The van der Waals surface area contributed by atoms with E-state index in [1.165, 1.54) is 0 Å². The predicted octanol–water partition coefficient (Wildman–Crippen LogP) is 2.15. The van der Waals surface area contributed by atoms with E-state index < -0.39 is 0 Å². The smallest absolute Gasteiger partial charge is 0.270 e. The Morgan fingerprint density at radius 1 is 1.36 bits per heavy atom. The van der Waals surface area contributed by atoms with E-state index in [9.17, 15) is 4.79 Å². The molecule has 4 rings (SSSR count). The van der Waals surface area contributed by atoms with Gasteiger partial charge in [-0.25, -0.2) is 4.98 Å². The van der Waals surface area contributed by atoms with Crippen molar-refractivity contribution in [2.75, 3.05) is 31.6 Å². The lowest BCUT2D eigenvalue weighted by molar-refractivity contribution is -0.117. The summed E-state index contributed by atoms with van der Waals surface area (Å²) in [4.78, 5) is 18.8. The third kappa shape index (κ3) is 3.02. The number of likely N-dealkylation sites (tertiary alicyclic amines) is 1. The molecule has 132 valence electrons. The van der Waals surface area contributed by atoms with Crippen LogP contribution in [0.2, 0.25) is 0 Å². The Labute approximate surface area is 147 Å². The van der Waals surface area contributed by atoms with Crippen LogP contribution in [0, 0.1) is 5.92 Å². The number of hydrogen-bond acceptors (Lipinski definition) is 4. The van der Waals surface area contributed by atoms with Crippen molar-refractivity contribution in [3.05, 3.63) is 48.4 Å². The van der Waals surface area contributed by atoms with Gasteiger partial charge in [0.25, 0.3) is 5.91 Å². The van der Waals surface area contributed by atoms with Crippen molar-refractivity contribution in [1.82, 2.24) is 14.5 Å². The molecule has 0 unspecified atom stereocenters. The highest BCUT2D eigenvalue weighted by molar-refractivity contribution is 5.93. The van der Waals surface area contributed by atoms with Crippen LogP contribution in [-0.4, -0.2) is 52.2 Å². The minimum Gasteiger partial charge on any atom is -0.371 e. The average molecular weight is 340 g/mol. The summed E-state index contributed by atoms with van der Waals surface area (Å²) < 4.78 is 7.95. The third-order valence-corrected chi connectivity index (χ3v) is 5.43. The first-order valence-corrected chi connectivity index (χ1v) is 8.87. The molecule has 0 aliphatic carbocycles. The first-order valence-electron chi connectivity index (χ1n) is 8.87. The fraction of sp³-hybridized carbons (Fsp3) is 0.474. The van der Waals surface area contributed by atoms with Crippen LogP contribution in [0.3, 0.4) is 0 Å². The number of amides is 1. The van der Waals surface area contributed by atoms with Gasteiger partial charge < -0.3 is 19.5 Å². The molecule has 4 heterocycles. The molecule has 1 amide bonds. The summed E-state index contributed by atoms with van der Waals surface area (Å²) in [6.45, 7) is 3.06. The predicted molar refractivity (Wildman–Crippen MR) is 95.5 cm³/mol. The number of anilines is 1. The summed E-state index contributed by atoms with van der Waals surface area (Å²) in [5, 5.41) is 3.37. The van der Waals surface area contributed by atoms with Gasteiger partial charge in [0.1, 0.15) is 17.1 Å². The number of nitrogens with one attached hydrogen (secondary N) is 1. The van der Waals surface area contributed by atoms with E-state index in [0.717, 1.165) is 37.5 Å². The lowest BCUT2D eigenvalue weighted by atomic mass is 9.78. The number of hydrogen-bond donors (Lipinski definition) is 1. The van der Waals surface area contributed by atoms with Crippen molar-refractivity contribution in [3.8, 4) is 0 Å². The zero-order valence-electron chi connectivity index (χ0n) is 14.5. The minimum atomic E-state index is -0.146. The maximum atomic E-state index is 12.6. The van der Waals surface area contributed by atoms with Crippen LogP contribution in [-0.2, 0) is 11.8 Å². The van der Waals surface area contributed by atoms with E-state index in [-0.39, 0.29) is 11.5 Å². The Bertz CT molecular complexity index is 737. The van der Waals surface area contributed by atoms with Gasteiger partial charge >= 0.3 is 0 Å². The number of carbonyl (C=O) groups excluding carboxylic acids is 1. The summed E-state index contributed by atoms with van der Waals surface area (Å²) in [5.74, 6) is 1.49. The Balaban J connectivity index is 1.32. The highest BCUT2D eigenvalue weighted by Crippen LogP contribution is 2.42. The van der Waals surface area contributed by atoms with Gasteiger partial charge in [0.15, 0.2) is 0 Å². The molecular formula is C19H24N4O2. The van der Waals surface area contributed by atoms with Crippen molar-refractivity contribution < 1.29 is 9.53 Å². The normalized spacial score (nSPS) is 21.3. The molecule has 2 aliphatic heterocycles. The van der Waals surface area contributed by atoms with Crippen LogP contribution in [0.5, 0.6) is 0 Å². The number of aryl methyl sites for hydroxylation is 1. The van der Waals surface area contributed by atoms with Crippen molar-refractivity contribution in [2.45, 2.75) is 18.4 Å². The highest BCUT2D eigenvalue weighted by atomic mass is 16.5. The number of nitrogens with zero attached hydrogens (tertiary/aromatic N) is 3. The van der Waals surface area contributed by atoms with Gasteiger partial charge in [-0.15, -0.1) is 0 Å². The largest absolute Gasteiger partial charge is 0.371 e. The van der Waals surface area contributed by atoms with Crippen LogP contribution >= 0.6 is 0 Å². The minimum absolute atomic E-state index is 0.0963. The first kappa shape index (κ1) is 16.1. The number of ether oxygens (including phenoxy) is 1. The molecule has 2 aromatic rings. The molecule has 2 aromatic heterocycles. The Kier molecular flexibility index (Phi) is 4.21. The van der Waals surface area contributed by atoms with Crippen LogP contribution in [0.1, 0.15) is 23.3 Å². The number of carbonyl (C=O) groups is 1. The monoisotopic (exact) mass is 340 g/mol. The van der Waals surface area contributed by atoms with E-state index >= 15 is 0 Å². The molecule has 25 heavy (non-hydrogen) atoms. The topological polar surface area (TPSA) is 59.4 Å². The van der Waals surface area contributed by atoms with Crippen molar-refractivity contribution in [1.29, 1.82) is 0 Å². The van der Waals surface area contributed by atoms with Gasteiger partial charge in [0.05, 0.1) is 13.1 Å². The standard InChI is InChI=1S/C19H24N4O2/c1-22-11-4-5-16(22)18(24)23-13-19(14-23)15(8-12-25-19)7-10-21-17-6-2-3-9-20-17/h2-6,9,11,15H,7-8,10,12-14H2,1H3,(H,20,21)/t15-/m0/s1. The molecule has 2 fully saturated rings. The number of pyridine rings is 1. The first-order chi connectivity index (χ1) is 12.2. The van der Waals surface area contributed by atoms with Gasteiger partial charge in [-0.3, -0.25) is 4.79 Å². The fourth-order valence-corrected chi connectivity index (χ4v) is 3.97.